The molecule has 2 unspecified atom stereocenters. The summed E-state index contributed by atoms with van der Waals surface area (Å²) >= 11 is 0. The molecule has 0 spiro atoms. The van der Waals surface area contributed by atoms with E-state index in [4.69, 9.17) is 5.26 Å². The zero-order chi connectivity index (χ0) is 21.9. The number of halogens is 3. The number of aromatic nitrogens is 2. The number of alkyl halides is 3. The van der Waals surface area contributed by atoms with E-state index in [2.05, 4.69) is 15.5 Å². The van der Waals surface area contributed by atoms with Crippen molar-refractivity contribution in [1.29, 1.82) is 5.26 Å². The van der Waals surface area contributed by atoms with Gasteiger partial charge in [-0.3, -0.25) is 4.79 Å². The molecule has 0 bridgehead atoms. The van der Waals surface area contributed by atoms with Crippen LogP contribution in [0.5, 0.6) is 0 Å². The number of β-amino-alcohol motifs (C(OH)–C–C–N with tert-alkyl or cyclic N) is 1. The Morgan fingerprint density at radius 2 is 1.97 bits per heavy atom. The first-order valence-corrected chi connectivity index (χ1v) is 9.29. The highest BCUT2D eigenvalue weighted by atomic mass is 19.4. The fraction of sp³-hybridized carbons (Fsp3) is 0.400. The third-order valence-corrected chi connectivity index (χ3v) is 5.06. The van der Waals surface area contributed by atoms with E-state index in [1.54, 1.807) is 11.0 Å². The Kier molecular flexibility index (Phi) is 6.22. The van der Waals surface area contributed by atoms with E-state index in [1.807, 2.05) is 6.07 Å². The van der Waals surface area contributed by atoms with Crippen molar-refractivity contribution in [2.24, 2.45) is 0 Å². The van der Waals surface area contributed by atoms with Crippen LogP contribution in [0.3, 0.4) is 0 Å². The number of carbonyl (C=O) groups is 1. The number of amides is 1. The summed E-state index contributed by atoms with van der Waals surface area (Å²) in [7, 11) is 0. The summed E-state index contributed by atoms with van der Waals surface area (Å²) in [4.78, 5) is 14.1. The molecule has 1 aliphatic rings. The minimum Gasteiger partial charge on any atom is -0.389 e. The van der Waals surface area contributed by atoms with Gasteiger partial charge in [-0.15, -0.1) is 10.2 Å². The highest BCUT2D eigenvalue weighted by Gasteiger charge is 2.37. The van der Waals surface area contributed by atoms with Gasteiger partial charge in [0.2, 0.25) is 5.91 Å². The molecule has 1 amide bonds. The molecule has 0 saturated carbocycles. The van der Waals surface area contributed by atoms with Crippen LogP contribution >= 0.6 is 0 Å². The molecule has 1 aliphatic heterocycles. The van der Waals surface area contributed by atoms with Gasteiger partial charge in [0, 0.05) is 13.1 Å². The molecule has 1 fully saturated rings. The number of hydrogen-bond donors (Lipinski definition) is 2. The maximum Gasteiger partial charge on any atom is 0.395 e. The van der Waals surface area contributed by atoms with E-state index < -0.39 is 24.2 Å². The third kappa shape index (κ3) is 5.04. The van der Waals surface area contributed by atoms with Crippen LogP contribution in [0.1, 0.15) is 29.7 Å². The molecule has 1 aromatic carbocycles. The van der Waals surface area contributed by atoms with E-state index in [0.29, 0.717) is 17.9 Å². The summed E-state index contributed by atoms with van der Waals surface area (Å²) in [6, 6.07) is 10.2. The molecule has 158 valence electrons. The molecule has 1 aromatic heterocycles. The lowest BCUT2D eigenvalue weighted by molar-refractivity contribution is -0.146. The topological polar surface area (TPSA) is 102 Å². The summed E-state index contributed by atoms with van der Waals surface area (Å²) < 4.78 is 38.4. The van der Waals surface area contributed by atoms with Crippen LogP contribution in [0.25, 0.3) is 0 Å². The maximum atomic E-state index is 12.8. The summed E-state index contributed by atoms with van der Waals surface area (Å²) in [5.74, 6) is -1.44. The molecule has 2 aromatic rings. The number of anilines is 1. The van der Waals surface area contributed by atoms with E-state index in [0.717, 1.165) is 6.92 Å². The average Bonchev–Trinajstić information content (AvgIpc) is 3.07. The monoisotopic (exact) mass is 419 g/mol. The normalized spacial score (nSPS) is 19.9. The molecule has 7 nitrogen and oxygen atoms in total. The zero-order valence-electron chi connectivity index (χ0n) is 16.1. The highest BCUT2D eigenvalue weighted by molar-refractivity contribution is 5.79. The van der Waals surface area contributed by atoms with Gasteiger partial charge in [0.25, 0.3) is 0 Å². The smallest absolute Gasteiger partial charge is 0.389 e. The molecule has 2 N–H and O–H groups in total. The number of aliphatic hydroxyl groups is 1. The number of carbonyl (C=O) groups excluding carboxylic acids is 1. The SMILES string of the molecule is CC(c1ccc(CC(=O)NC2CN(c3ccc(C#N)nn3)C[C@H]2O)cc1)C(F)(F)F. The highest BCUT2D eigenvalue weighted by Crippen LogP contribution is 2.34. The van der Waals surface area contributed by atoms with Crippen molar-refractivity contribution < 1.29 is 23.1 Å². The van der Waals surface area contributed by atoms with Crippen molar-refractivity contribution in [3.8, 4) is 6.07 Å². The lowest BCUT2D eigenvalue weighted by Crippen LogP contribution is -2.43. The molecule has 1 saturated heterocycles. The van der Waals surface area contributed by atoms with Crippen molar-refractivity contribution in [1.82, 2.24) is 15.5 Å². The van der Waals surface area contributed by atoms with Gasteiger partial charge in [-0.2, -0.15) is 18.4 Å². The van der Waals surface area contributed by atoms with Gasteiger partial charge in [-0.05, 0) is 30.2 Å². The number of aliphatic hydroxyl groups excluding tert-OH is 1. The summed E-state index contributed by atoms with van der Waals surface area (Å²) in [5, 5.41) is 29.5. The zero-order valence-corrected chi connectivity index (χ0v) is 16.1. The van der Waals surface area contributed by atoms with E-state index >= 15 is 0 Å². The second-order valence-electron chi connectivity index (χ2n) is 7.22. The van der Waals surface area contributed by atoms with Crippen LogP contribution in [0.15, 0.2) is 36.4 Å². The van der Waals surface area contributed by atoms with Crippen molar-refractivity contribution >= 4 is 11.7 Å². The molecular weight excluding hydrogens is 399 g/mol. The Balaban J connectivity index is 1.56. The number of hydrogen-bond acceptors (Lipinski definition) is 6. The Morgan fingerprint density at radius 1 is 1.27 bits per heavy atom. The molecule has 10 heteroatoms. The Bertz CT molecular complexity index is 925. The molecule has 3 rings (SSSR count). The van der Waals surface area contributed by atoms with Crippen LogP contribution in [0, 0.1) is 11.3 Å². The number of nitrogens with zero attached hydrogens (tertiary/aromatic N) is 4. The van der Waals surface area contributed by atoms with Gasteiger partial charge >= 0.3 is 6.18 Å². The van der Waals surface area contributed by atoms with Crippen molar-refractivity contribution in [3.63, 3.8) is 0 Å². The van der Waals surface area contributed by atoms with Crippen LogP contribution in [0.2, 0.25) is 0 Å². The largest absolute Gasteiger partial charge is 0.395 e. The molecular formula is C20H20F3N5O2. The lowest BCUT2D eigenvalue weighted by atomic mass is 9.98. The fourth-order valence-corrected chi connectivity index (χ4v) is 3.23. The molecule has 30 heavy (non-hydrogen) atoms. The van der Waals surface area contributed by atoms with Gasteiger partial charge in [0.1, 0.15) is 6.07 Å². The number of nitrogens with one attached hydrogen (secondary N) is 1. The number of nitriles is 1. The van der Waals surface area contributed by atoms with Gasteiger partial charge in [0.15, 0.2) is 11.5 Å². The lowest BCUT2D eigenvalue weighted by Gasteiger charge is -2.18. The van der Waals surface area contributed by atoms with Crippen LogP contribution < -0.4 is 10.2 Å². The summed E-state index contributed by atoms with van der Waals surface area (Å²) in [6.07, 6.45) is -5.15. The van der Waals surface area contributed by atoms with Gasteiger partial charge in [-0.1, -0.05) is 24.3 Å². The quantitative estimate of drug-likeness (QED) is 0.768. The number of benzene rings is 1. The van der Waals surface area contributed by atoms with Gasteiger partial charge in [-0.25, -0.2) is 0 Å². The second-order valence-corrected chi connectivity index (χ2v) is 7.22. The first kappa shape index (κ1) is 21.5. The molecule has 3 atom stereocenters. The first-order valence-electron chi connectivity index (χ1n) is 9.29. The Hall–Kier alpha value is -3.19. The minimum atomic E-state index is -4.32. The first-order chi connectivity index (χ1) is 14.2. The summed E-state index contributed by atoms with van der Waals surface area (Å²) in [5.41, 5.74) is 0.893. The van der Waals surface area contributed by atoms with Crippen LogP contribution in [-0.2, 0) is 11.2 Å². The number of rotatable bonds is 5. The predicted molar refractivity (Wildman–Crippen MR) is 102 cm³/mol. The van der Waals surface area contributed by atoms with Crippen LogP contribution in [0.4, 0.5) is 19.0 Å². The standard InChI is InChI=1S/C20H20F3N5O2/c1-12(20(21,22)23)14-4-2-13(3-5-14)8-19(30)25-16-10-28(11-17(16)29)18-7-6-15(9-24)26-27-18/h2-7,12,16-17,29H,8,10-11H2,1H3,(H,25,30)/t12?,16?,17-/m1/s1. The Morgan fingerprint density at radius 3 is 2.53 bits per heavy atom. The van der Waals surface area contributed by atoms with E-state index in [1.165, 1.54) is 30.3 Å². The van der Waals surface area contributed by atoms with E-state index in [-0.39, 0.29) is 30.1 Å². The fourth-order valence-electron chi connectivity index (χ4n) is 3.23. The summed E-state index contributed by atoms with van der Waals surface area (Å²) in [6.45, 7) is 1.65. The van der Waals surface area contributed by atoms with E-state index in [9.17, 15) is 23.1 Å². The van der Waals surface area contributed by atoms with Crippen molar-refractivity contribution in [2.45, 2.75) is 37.6 Å². The minimum absolute atomic E-state index is 0.0133. The second kappa shape index (κ2) is 8.67. The van der Waals surface area contributed by atoms with Crippen LogP contribution in [-0.4, -0.2) is 52.6 Å². The maximum absolute atomic E-state index is 12.8. The average molecular weight is 419 g/mol. The Labute approximate surface area is 171 Å². The molecule has 0 radical (unpaired) electrons. The van der Waals surface area contributed by atoms with Gasteiger partial charge < -0.3 is 15.3 Å². The van der Waals surface area contributed by atoms with Gasteiger partial charge in [0.05, 0.1) is 24.5 Å². The predicted octanol–water partition coefficient (Wildman–Crippen LogP) is 1.92. The molecule has 0 aliphatic carbocycles. The molecule has 2 heterocycles. The van der Waals surface area contributed by atoms with Crippen molar-refractivity contribution in [3.05, 3.63) is 53.2 Å². The third-order valence-electron chi connectivity index (χ3n) is 5.06. The van der Waals surface area contributed by atoms with Crippen molar-refractivity contribution in [2.75, 3.05) is 18.0 Å².